The Labute approximate surface area is 76.0 Å². The van der Waals surface area contributed by atoms with Gasteiger partial charge < -0.3 is 10.8 Å². The minimum absolute atomic E-state index is 0.0429. The van der Waals surface area contributed by atoms with Gasteiger partial charge in [-0.05, 0) is 24.5 Å². The molecular formula is C9H10ClNO. The highest BCUT2D eigenvalue weighted by molar-refractivity contribution is 6.32. The summed E-state index contributed by atoms with van der Waals surface area (Å²) in [4.78, 5) is 0. The molecule has 1 atom stereocenters. The summed E-state index contributed by atoms with van der Waals surface area (Å²) in [6, 6.07) is 3.61. The number of rotatable bonds is 0. The quantitative estimate of drug-likeness (QED) is 0.646. The van der Waals surface area contributed by atoms with Crippen LogP contribution < -0.4 is 5.73 Å². The monoisotopic (exact) mass is 183 g/mol. The Bertz CT molecular complexity index is 325. The molecule has 0 fully saturated rings. The Hall–Kier alpha value is -0.730. The Morgan fingerprint density at radius 2 is 2.25 bits per heavy atom. The summed E-state index contributed by atoms with van der Waals surface area (Å²) in [6.45, 7) is 0. The van der Waals surface area contributed by atoms with E-state index in [-0.39, 0.29) is 11.8 Å². The van der Waals surface area contributed by atoms with Crippen LogP contribution in [0.5, 0.6) is 5.75 Å². The molecule has 0 aromatic heterocycles. The second-order valence-corrected chi connectivity index (χ2v) is 3.52. The zero-order valence-corrected chi connectivity index (χ0v) is 7.30. The summed E-state index contributed by atoms with van der Waals surface area (Å²) in [5.74, 6) is 0.166. The van der Waals surface area contributed by atoms with Gasteiger partial charge in [0.1, 0.15) is 5.75 Å². The molecule has 0 saturated heterocycles. The lowest BCUT2D eigenvalue weighted by molar-refractivity contribution is 0.464. The summed E-state index contributed by atoms with van der Waals surface area (Å²) in [6.07, 6.45) is 1.85. The Morgan fingerprint density at radius 1 is 1.50 bits per heavy atom. The molecule has 0 heterocycles. The number of phenolic OH excluding ortho intramolecular Hbond substituents is 1. The van der Waals surface area contributed by atoms with Crippen LogP contribution in [0.3, 0.4) is 0 Å². The SMILES string of the molecule is NC1CCc2ccc(Cl)c(O)c21. The van der Waals surface area contributed by atoms with E-state index in [4.69, 9.17) is 17.3 Å². The summed E-state index contributed by atoms with van der Waals surface area (Å²) < 4.78 is 0. The number of aryl methyl sites for hydroxylation is 1. The maximum Gasteiger partial charge on any atom is 0.139 e. The first-order valence-corrected chi connectivity index (χ1v) is 4.34. The first-order chi connectivity index (χ1) is 5.70. The second-order valence-electron chi connectivity index (χ2n) is 3.11. The number of aromatic hydroxyl groups is 1. The predicted molar refractivity (Wildman–Crippen MR) is 48.4 cm³/mol. The van der Waals surface area contributed by atoms with Crippen molar-refractivity contribution < 1.29 is 5.11 Å². The maximum absolute atomic E-state index is 9.58. The Kier molecular flexibility index (Phi) is 1.74. The molecule has 1 aromatic carbocycles. The molecule has 1 unspecified atom stereocenters. The van der Waals surface area contributed by atoms with Gasteiger partial charge >= 0.3 is 0 Å². The fourth-order valence-corrected chi connectivity index (χ4v) is 1.88. The number of fused-ring (bicyclic) bond motifs is 1. The molecular weight excluding hydrogens is 174 g/mol. The van der Waals surface area contributed by atoms with Crippen molar-refractivity contribution in [2.24, 2.45) is 5.73 Å². The number of hydrogen-bond donors (Lipinski definition) is 2. The van der Waals surface area contributed by atoms with Gasteiger partial charge in [-0.3, -0.25) is 0 Å². The Morgan fingerprint density at radius 3 is 3.00 bits per heavy atom. The van der Waals surface area contributed by atoms with Crippen LogP contribution in [0.15, 0.2) is 12.1 Å². The molecule has 1 aliphatic carbocycles. The lowest BCUT2D eigenvalue weighted by atomic mass is 10.1. The van der Waals surface area contributed by atoms with Crippen LogP contribution in [0.25, 0.3) is 0 Å². The number of nitrogens with two attached hydrogens (primary N) is 1. The third-order valence-electron chi connectivity index (χ3n) is 2.35. The highest BCUT2D eigenvalue weighted by atomic mass is 35.5. The number of phenols is 1. The normalized spacial score (nSPS) is 21.0. The van der Waals surface area contributed by atoms with Gasteiger partial charge in [-0.2, -0.15) is 0 Å². The topological polar surface area (TPSA) is 46.2 Å². The second kappa shape index (κ2) is 2.64. The first kappa shape index (κ1) is 7.90. The van der Waals surface area contributed by atoms with Crippen molar-refractivity contribution in [1.29, 1.82) is 0 Å². The van der Waals surface area contributed by atoms with E-state index in [1.165, 1.54) is 0 Å². The van der Waals surface area contributed by atoms with Crippen molar-refractivity contribution in [3.63, 3.8) is 0 Å². The first-order valence-electron chi connectivity index (χ1n) is 3.96. The largest absolute Gasteiger partial charge is 0.506 e. The van der Waals surface area contributed by atoms with Gasteiger partial charge in [-0.15, -0.1) is 0 Å². The molecule has 0 bridgehead atoms. The van der Waals surface area contributed by atoms with Gasteiger partial charge in [0.05, 0.1) is 5.02 Å². The molecule has 12 heavy (non-hydrogen) atoms. The molecule has 2 rings (SSSR count). The molecule has 0 aliphatic heterocycles. The third-order valence-corrected chi connectivity index (χ3v) is 2.66. The molecule has 0 radical (unpaired) electrons. The molecule has 2 nitrogen and oxygen atoms in total. The van der Waals surface area contributed by atoms with Crippen molar-refractivity contribution in [3.8, 4) is 5.75 Å². The molecule has 0 saturated carbocycles. The smallest absolute Gasteiger partial charge is 0.139 e. The van der Waals surface area contributed by atoms with Crippen molar-refractivity contribution in [2.45, 2.75) is 18.9 Å². The van der Waals surface area contributed by atoms with Gasteiger partial charge in [0.15, 0.2) is 0 Å². The Balaban J connectivity index is 2.63. The van der Waals surface area contributed by atoms with E-state index >= 15 is 0 Å². The summed E-state index contributed by atoms with van der Waals surface area (Å²) in [5, 5.41) is 9.97. The van der Waals surface area contributed by atoms with Gasteiger partial charge in [0.25, 0.3) is 0 Å². The van der Waals surface area contributed by atoms with Crippen LogP contribution in [-0.2, 0) is 6.42 Å². The van der Waals surface area contributed by atoms with Gasteiger partial charge in [-0.25, -0.2) is 0 Å². The van der Waals surface area contributed by atoms with Crippen molar-refractivity contribution in [2.75, 3.05) is 0 Å². The van der Waals surface area contributed by atoms with E-state index in [1.807, 2.05) is 6.07 Å². The van der Waals surface area contributed by atoms with Crippen LogP contribution in [-0.4, -0.2) is 5.11 Å². The zero-order valence-electron chi connectivity index (χ0n) is 6.55. The van der Waals surface area contributed by atoms with Crippen molar-refractivity contribution in [1.82, 2.24) is 0 Å². The number of benzene rings is 1. The predicted octanol–water partition coefficient (Wildman–Crippen LogP) is 1.99. The molecule has 3 N–H and O–H groups in total. The third kappa shape index (κ3) is 0.993. The van der Waals surface area contributed by atoms with E-state index < -0.39 is 0 Å². The van der Waals surface area contributed by atoms with Crippen LogP contribution in [0, 0.1) is 0 Å². The van der Waals surface area contributed by atoms with E-state index in [2.05, 4.69) is 0 Å². The van der Waals surface area contributed by atoms with Gasteiger partial charge in [0, 0.05) is 11.6 Å². The van der Waals surface area contributed by atoms with E-state index in [9.17, 15) is 5.11 Å². The minimum Gasteiger partial charge on any atom is -0.506 e. The molecule has 1 aliphatic rings. The van der Waals surface area contributed by atoms with E-state index in [0.29, 0.717) is 5.02 Å². The lowest BCUT2D eigenvalue weighted by Crippen LogP contribution is -2.05. The molecule has 64 valence electrons. The van der Waals surface area contributed by atoms with E-state index in [0.717, 1.165) is 24.0 Å². The lowest BCUT2D eigenvalue weighted by Gasteiger charge is -2.08. The van der Waals surface area contributed by atoms with Crippen molar-refractivity contribution >= 4 is 11.6 Å². The maximum atomic E-state index is 9.58. The molecule has 1 aromatic rings. The number of hydrogen-bond acceptors (Lipinski definition) is 2. The van der Waals surface area contributed by atoms with Crippen LogP contribution in [0.1, 0.15) is 23.6 Å². The van der Waals surface area contributed by atoms with Crippen LogP contribution in [0.4, 0.5) is 0 Å². The van der Waals surface area contributed by atoms with Crippen LogP contribution >= 0.6 is 11.6 Å². The summed E-state index contributed by atoms with van der Waals surface area (Å²) in [5.41, 5.74) is 7.76. The van der Waals surface area contributed by atoms with Crippen molar-refractivity contribution in [3.05, 3.63) is 28.3 Å². The summed E-state index contributed by atoms with van der Waals surface area (Å²) in [7, 11) is 0. The van der Waals surface area contributed by atoms with E-state index in [1.54, 1.807) is 6.07 Å². The zero-order chi connectivity index (χ0) is 8.72. The van der Waals surface area contributed by atoms with Crippen LogP contribution in [0.2, 0.25) is 5.02 Å². The average molecular weight is 184 g/mol. The highest BCUT2D eigenvalue weighted by Crippen LogP contribution is 2.39. The molecule has 0 amide bonds. The highest BCUT2D eigenvalue weighted by Gasteiger charge is 2.23. The molecule has 0 spiro atoms. The standard InChI is InChI=1S/C9H10ClNO/c10-6-3-1-5-2-4-7(11)8(5)9(6)12/h1,3,7,12H,2,4,11H2. The fraction of sp³-hybridized carbons (Fsp3) is 0.333. The minimum atomic E-state index is -0.0429. The average Bonchev–Trinajstić information content (AvgIpc) is 2.41. The fourth-order valence-electron chi connectivity index (χ4n) is 1.71. The summed E-state index contributed by atoms with van der Waals surface area (Å²) >= 11 is 5.75. The number of halogens is 1. The molecule has 3 heteroatoms. The van der Waals surface area contributed by atoms with Gasteiger partial charge in [-0.1, -0.05) is 17.7 Å². The van der Waals surface area contributed by atoms with Gasteiger partial charge in [0.2, 0.25) is 0 Å².